The maximum absolute atomic E-state index is 4.18. The van der Waals surface area contributed by atoms with Gasteiger partial charge >= 0.3 is 0 Å². The molecule has 3 rings (SSSR count). The zero-order valence-electron chi connectivity index (χ0n) is 9.95. The van der Waals surface area contributed by atoms with Gasteiger partial charge in [-0.05, 0) is 31.3 Å². The fourth-order valence-electron chi connectivity index (χ4n) is 3.07. The lowest BCUT2D eigenvalue weighted by Gasteiger charge is -2.22. The molecule has 4 heteroatoms. The van der Waals surface area contributed by atoms with Crippen LogP contribution in [0.1, 0.15) is 18.5 Å². The molecule has 1 aromatic heterocycles. The van der Waals surface area contributed by atoms with Gasteiger partial charge in [0.15, 0.2) is 0 Å². The van der Waals surface area contributed by atoms with Crippen LogP contribution in [0, 0.1) is 5.41 Å². The summed E-state index contributed by atoms with van der Waals surface area (Å²) in [5.41, 5.74) is 1.90. The summed E-state index contributed by atoms with van der Waals surface area (Å²) in [6, 6.07) is 0. The van der Waals surface area contributed by atoms with Crippen molar-refractivity contribution in [2.24, 2.45) is 12.5 Å². The van der Waals surface area contributed by atoms with Gasteiger partial charge in [-0.25, -0.2) is 4.98 Å². The monoisotopic (exact) mass is 220 g/mol. The van der Waals surface area contributed by atoms with E-state index in [9.17, 15) is 0 Å². The Balaban J connectivity index is 1.64. The molecule has 4 nitrogen and oxygen atoms in total. The third-order valence-corrected chi connectivity index (χ3v) is 4.15. The number of nitrogens with one attached hydrogen (secondary N) is 1. The van der Waals surface area contributed by atoms with Gasteiger partial charge < -0.3 is 9.88 Å². The summed E-state index contributed by atoms with van der Waals surface area (Å²) in [6.07, 6.45) is 6.59. The molecule has 2 fully saturated rings. The van der Waals surface area contributed by atoms with Gasteiger partial charge in [-0.3, -0.25) is 4.90 Å². The minimum Gasteiger partial charge on any atom is -0.337 e. The molecule has 2 aliphatic rings. The first-order valence-electron chi connectivity index (χ1n) is 6.16. The molecule has 1 spiro atoms. The predicted octanol–water partition coefficient (Wildman–Crippen LogP) is 0.605. The maximum Gasteiger partial charge on any atom is 0.0945 e. The van der Waals surface area contributed by atoms with E-state index in [0.717, 1.165) is 6.54 Å². The van der Waals surface area contributed by atoms with Crippen molar-refractivity contribution in [2.75, 3.05) is 26.2 Å². The Labute approximate surface area is 96.7 Å². The number of nitrogens with zero attached hydrogens (tertiary/aromatic N) is 3. The molecule has 0 bridgehead atoms. The van der Waals surface area contributed by atoms with Crippen molar-refractivity contribution in [1.82, 2.24) is 19.8 Å². The molecule has 0 aromatic carbocycles. The van der Waals surface area contributed by atoms with E-state index >= 15 is 0 Å². The van der Waals surface area contributed by atoms with E-state index in [4.69, 9.17) is 0 Å². The van der Waals surface area contributed by atoms with Gasteiger partial charge in [-0.1, -0.05) is 0 Å². The highest BCUT2D eigenvalue weighted by Crippen LogP contribution is 2.36. The van der Waals surface area contributed by atoms with Gasteiger partial charge in [-0.15, -0.1) is 0 Å². The lowest BCUT2D eigenvalue weighted by atomic mass is 9.87. The number of aromatic nitrogens is 2. The summed E-state index contributed by atoms with van der Waals surface area (Å²) in [6.45, 7) is 5.98. The fourth-order valence-corrected chi connectivity index (χ4v) is 3.07. The Morgan fingerprint density at radius 3 is 3.12 bits per heavy atom. The molecule has 3 heterocycles. The zero-order valence-corrected chi connectivity index (χ0v) is 9.95. The molecule has 0 aliphatic carbocycles. The molecule has 1 unspecified atom stereocenters. The van der Waals surface area contributed by atoms with E-state index in [2.05, 4.69) is 26.8 Å². The van der Waals surface area contributed by atoms with Gasteiger partial charge in [0.2, 0.25) is 0 Å². The normalized spacial score (nSPS) is 30.6. The van der Waals surface area contributed by atoms with E-state index in [1.54, 1.807) is 0 Å². The van der Waals surface area contributed by atoms with Crippen molar-refractivity contribution in [1.29, 1.82) is 0 Å². The minimum absolute atomic E-state index is 0.582. The Kier molecular flexibility index (Phi) is 2.48. The van der Waals surface area contributed by atoms with Crippen LogP contribution in [0.4, 0.5) is 0 Å². The Hall–Kier alpha value is -0.870. The maximum atomic E-state index is 4.18. The minimum atomic E-state index is 0.582. The molecule has 0 saturated carbocycles. The van der Waals surface area contributed by atoms with Crippen molar-refractivity contribution in [2.45, 2.75) is 19.4 Å². The number of hydrogen-bond acceptors (Lipinski definition) is 3. The Morgan fingerprint density at radius 2 is 2.44 bits per heavy atom. The molecule has 0 amide bonds. The second-order valence-electron chi connectivity index (χ2n) is 5.38. The molecular weight excluding hydrogens is 200 g/mol. The lowest BCUT2D eigenvalue weighted by Crippen LogP contribution is -2.29. The first-order chi connectivity index (χ1) is 7.77. The summed E-state index contributed by atoms with van der Waals surface area (Å²) < 4.78 is 2.12. The van der Waals surface area contributed by atoms with Crippen LogP contribution in [0.25, 0.3) is 0 Å². The summed E-state index contributed by atoms with van der Waals surface area (Å²) in [7, 11) is 2.07. The highest BCUT2D eigenvalue weighted by atomic mass is 15.2. The number of likely N-dealkylation sites (tertiary alicyclic amines) is 1. The van der Waals surface area contributed by atoms with Crippen LogP contribution in [-0.2, 0) is 13.6 Å². The quantitative estimate of drug-likeness (QED) is 0.792. The third-order valence-electron chi connectivity index (χ3n) is 4.15. The average molecular weight is 220 g/mol. The predicted molar refractivity (Wildman–Crippen MR) is 63.0 cm³/mol. The van der Waals surface area contributed by atoms with Crippen LogP contribution in [0.5, 0.6) is 0 Å². The fraction of sp³-hybridized carbons (Fsp3) is 0.750. The smallest absolute Gasteiger partial charge is 0.0945 e. The molecule has 1 aromatic rings. The summed E-state index contributed by atoms with van der Waals surface area (Å²) in [5.74, 6) is 0. The third kappa shape index (κ3) is 1.76. The summed E-state index contributed by atoms with van der Waals surface area (Å²) in [4.78, 5) is 6.75. The van der Waals surface area contributed by atoms with Crippen molar-refractivity contribution in [3.63, 3.8) is 0 Å². The largest absolute Gasteiger partial charge is 0.337 e. The number of aryl methyl sites for hydroxylation is 1. The van der Waals surface area contributed by atoms with Crippen LogP contribution in [-0.4, -0.2) is 40.6 Å². The van der Waals surface area contributed by atoms with E-state index in [1.807, 2.05) is 12.5 Å². The van der Waals surface area contributed by atoms with Gasteiger partial charge in [0.05, 0.1) is 12.0 Å². The van der Waals surface area contributed by atoms with Crippen LogP contribution >= 0.6 is 0 Å². The molecule has 2 saturated heterocycles. The molecule has 2 aliphatic heterocycles. The Morgan fingerprint density at radius 1 is 1.50 bits per heavy atom. The van der Waals surface area contributed by atoms with Gasteiger partial charge in [0, 0.05) is 32.9 Å². The summed E-state index contributed by atoms with van der Waals surface area (Å²) >= 11 is 0. The van der Waals surface area contributed by atoms with E-state index in [0.29, 0.717) is 5.41 Å². The van der Waals surface area contributed by atoms with Gasteiger partial charge in [0.25, 0.3) is 0 Å². The first kappa shape index (κ1) is 10.3. The highest BCUT2D eigenvalue weighted by Gasteiger charge is 2.40. The summed E-state index contributed by atoms with van der Waals surface area (Å²) in [5, 5.41) is 3.50. The molecule has 0 radical (unpaired) electrons. The van der Waals surface area contributed by atoms with Crippen LogP contribution in [0.15, 0.2) is 12.5 Å². The number of hydrogen-bond donors (Lipinski definition) is 1. The number of rotatable bonds is 2. The van der Waals surface area contributed by atoms with Crippen molar-refractivity contribution >= 4 is 0 Å². The first-order valence-corrected chi connectivity index (χ1v) is 6.16. The van der Waals surface area contributed by atoms with E-state index < -0.39 is 0 Å². The van der Waals surface area contributed by atoms with Gasteiger partial charge in [-0.2, -0.15) is 0 Å². The second-order valence-corrected chi connectivity index (χ2v) is 5.38. The SMILES string of the molecule is Cn1cncc1CN1CCC2(CCNC2)C1. The molecule has 88 valence electrons. The van der Waals surface area contributed by atoms with Crippen molar-refractivity contribution in [3.8, 4) is 0 Å². The zero-order chi connectivity index (χ0) is 11.0. The average Bonchev–Trinajstić information content (AvgIpc) is 2.96. The standard InChI is InChI=1S/C12H20N4/c1-15-10-14-6-11(15)7-16-5-3-12(9-16)2-4-13-8-12/h6,10,13H,2-5,7-9H2,1H3. The van der Waals surface area contributed by atoms with E-state index in [1.165, 1.54) is 44.7 Å². The second kappa shape index (κ2) is 3.86. The molecular formula is C12H20N4. The van der Waals surface area contributed by atoms with Crippen molar-refractivity contribution < 1.29 is 0 Å². The van der Waals surface area contributed by atoms with E-state index in [-0.39, 0.29) is 0 Å². The molecule has 16 heavy (non-hydrogen) atoms. The van der Waals surface area contributed by atoms with Crippen LogP contribution < -0.4 is 5.32 Å². The topological polar surface area (TPSA) is 33.1 Å². The molecule has 1 atom stereocenters. The Bertz CT molecular complexity index is 365. The molecule has 1 N–H and O–H groups in total. The van der Waals surface area contributed by atoms with Crippen molar-refractivity contribution in [3.05, 3.63) is 18.2 Å². The van der Waals surface area contributed by atoms with Crippen LogP contribution in [0.2, 0.25) is 0 Å². The number of imidazole rings is 1. The highest BCUT2D eigenvalue weighted by molar-refractivity contribution is 5.01. The lowest BCUT2D eigenvalue weighted by molar-refractivity contribution is 0.264. The van der Waals surface area contributed by atoms with Crippen LogP contribution in [0.3, 0.4) is 0 Å². The van der Waals surface area contributed by atoms with Gasteiger partial charge in [0.1, 0.15) is 0 Å².